The zero-order valence-electron chi connectivity index (χ0n) is 17.9. The van der Waals surface area contributed by atoms with Gasteiger partial charge >= 0.3 is 11.9 Å². The van der Waals surface area contributed by atoms with Crippen molar-refractivity contribution in [1.29, 1.82) is 0 Å². The summed E-state index contributed by atoms with van der Waals surface area (Å²) in [5.41, 5.74) is -0.498. The normalized spacial score (nSPS) is 15.1. The number of carboxylic acid groups (broad SMARTS) is 1. The molecular weight excluding hydrogens is 380 g/mol. The molecule has 9 nitrogen and oxygen atoms in total. The van der Waals surface area contributed by atoms with E-state index in [1.807, 2.05) is 20.8 Å². The van der Waals surface area contributed by atoms with Crippen LogP contribution in [-0.4, -0.2) is 85.6 Å². The van der Waals surface area contributed by atoms with Gasteiger partial charge in [0.15, 0.2) is 0 Å². The summed E-state index contributed by atoms with van der Waals surface area (Å²) in [7, 11) is 0. The van der Waals surface area contributed by atoms with Crippen molar-refractivity contribution in [3.05, 3.63) is 0 Å². The third kappa shape index (κ3) is 12.5. The largest absolute Gasteiger partial charge is 0.481 e. The Morgan fingerprint density at radius 3 is 2.17 bits per heavy atom. The summed E-state index contributed by atoms with van der Waals surface area (Å²) in [5.74, 6) is -1.41. The molecule has 0 aliphatic carbocycles. The molecule has 1 aliphatic rings. The molecule has 168 valence electrons. The van der Waals surface area contributed by atoms with Crippen LogP contribution in [0.4, 0.5) is 0 Å². The van der Waals surface area contributed by atoms with E-state index in [0.717, 1.165) is 25.9 Å². The number of esters is 1. The predicted molar refractivity (Wildman–Crippen MR) is 107 cm³/mol. The lowest BCUT2D eigenvalue weighted by atomic mass is 10.0. The molecule has 0 atom stereocenters. The molecule has 1 aliphatic heterocycles. The Bertz CT molecular complexity index is 513. The number of carbonyl (C=O) groups is 3. The van der Waals surface area contributed by atoms with Crippen LogP contribution in [-0.2, 0) is 28.6 Å². The Morgan fingerprint density at radius 2 is 1.59 bits per heavy atom. The number of piperidine rings is 1. The SMILES string of the molecule is CC(C)(C)OC(=O)CCOCCOCCN(C(=O)CCC(=O)O)C1CCNCC1. The van der Waals surface area contributed by atoms with E-state index in [2.05, 4.69) is 5.32 Å². The van der Waals surface area contributed by atoms with Crippen LogP contribution < -0.4 is 5.32 Å². The Morgan fingerprint density at radius 1 is 0.966 bits per heavy atom. The first-order chi connectivity index (χ1) is 13.7. The number of nitrogens with one attached hydrogen (secondary N) is 1. The number of aliphatic carboxylic acids is 1. The molecule has 1 rings (SSSR count). The van der Waals surface area contributed by atoms with Crippen LogP contribution in [0.5, 0.6) is 0 Å². The van der Waals surface area contributed by atoms with E-state index in [9.17, 15) is 14.4 Å². The Kier molecular flexibility index (Phi) is 11.8. The molecule has 2 N–H and O–H groups in total. The average Bonchev–Trinajstić information content (AvgIpc) is 2.64. The number of ether oxygens (including phenoxy) is 3. The third-order valence-electron chi connectivity index (χ3n) is 4.34. The monoisotopic (exact) mass is 416 g/mol. The van der Waals surface area contributed by atoms with Crippen LogP contribution in [0.1, 0.15) is 52.9 Å². The maximum Gasteiger partial charge on any atom is 0.308 e. The second-order valence-electron chi connectivity index (χ2n) is 8.02. The van der Waals surface area contributed by atoms with E-state index in [1.54, 1.807) is 4.90 Å². The minimum atomic E-state index is -0.969. The minimum Gasteiger partial charge on any atom is -0.481 e. The summed E-state index contributed by atoms with van der Waals surface area (Å²) in [6, 6.07) is 0.117. The fraction of sp³-hybridized carbons (Fsp3) is 0.850. The number of amides is 1. The van der Waals surface area contributed by atoms with Crippen molar-refractivity contribution in [1.82, 2.24) is 10.2 Å². The molecular formula is C20H36N2O7. The minimum absolute atomic E-state index is 0.00698. The van der Waals surface area contributed by atoms with Gasteiger partial charge in [0.25, 0.3) is 0 Å². The van der Waals surface area contributed by atoms with Gasteiger partial charge in [-0.1, -0.05) is 0 Å². The number of carbonyl (C=O) groups excluding carboxylic acids is 2. The highest BCUT2D eigenvalue weighted by molar-refractivity contribution is 5.81. The van der Waals surface area contributed by atoms with Gasteiger partial charge in [0.05, 0.1) is 39.3 Å². The number of hydrogen-bond acceptors (Lipinski definition) is 7. The lowest BCUT2D eigenvalue weighted by molar-refractivity contribution is -0.156. The highest BCUT2D eigenvalue weighted by Gasteiger charge is 2.25. The van der Waals surface area contributed by atoms with Crippen LogP contribution in [0.25, 0.3) is 0 Å². The predicted octanol–water partition coefficient (Wildman–Crippen LogP) is 1.20. The van der Waals surface area contributed by atoms with E-state index in [1.165, 1.54) is 0 Å². The van der Waals surface area contributed by atoms with Gasteiger partial charge in [0.1, 0.15) is 5.60 Å². The van der Waals surface area contributed by atoms with Crippen LogP contribution in [0.3, 0.4) is 0 Å². The van der Waals surface area contributed by atoms with E-state index >= 15 is 0 Å². The molecule has 0 aromatic carbocycles. The van der Waals surface area contributed by atoms with Crippen LogP contribution in [0.15, 0.2) is 0 Å². The molecule has 9 heteroatoms. The molecule has 29 heavy (non-hydrogen) atoms. The lowest BCUT2D eigenvalue weighted by Gasteiger charge is -2.34. The summed E-state index contributed by atoms with van der Waals surface area (Å²) in [4.78, 5) is 36.5. The van der Waals surface area contributed by atoms with Crippen molar-refractivity contribution in [3.8, 4) is 0 Å². The Hall–Kier alpha value is -1.71. The van der Waals surface area contributed by atoms with Gasteiger partial charge in [-0.2, -0.15) is 0 Å². The summed E-state index contributed by atoms with van der Waals surface area (Å²) in [5, 5.41) is 12.1. The van der Waals surface area contributed by atoms with Crippen molar-refractivity contribution >= 4 is 17.8 Å². The lowest BCUT2D eigenvalue weighted by Crippen LogP contribution is -2.47. The topological polar surface area (TPSA) is 114 Å². The van der Waals surface area contributed by atoms with Crippen LogP contribution >= 0.6 is 0 Å². The molecule has 0 spiro atoms. The average molecular weight is 417 g/mol. The van der Waals surface area contributed by atoms with Crippen molar-refractivity contribution in [2.45, 2.75) is 64.5 Å². The van der Waals surface area contributed by atoms with E-state index < -0.39 is 11.6 Å². The summed E-state index contributed by atoms with van der Waals surface area (Å²) in [6.07, 6.45) is 1.75. The molecule has 0 saturated carbocycles. The number of rotatable bonds is 13. The zero-order valence-corrected chi connectivity index (χ0v) is 17.9. The number of carboxylic acids is 1. The quantitative estimate of drug-likeness (QED) is 0.340. The molecule has 0 aromatic rings. The van der Waals surface area contributed by atoms with Gasteiger partial charge in [-0.25, -0.2) is 0 Å². The summed E-state index contributed by atoms with van der Waals surface area (Å²) >= 11 is 0. The van der Waals surface area contributed by atoms with Gasteiger partial charge in [-0.15, -0.1) is 0 Å². The highest BCUT2D eigenvalue weighted by atomic mass is 16.6. The number of nitrogens with zero attached hydrogens (tertiary/aromatic N) is 1. The van der Waals surface area contributed by atoms with Gasteiger partial charge in [-0.05, 0) is 46.7 Å². The van der Waals surface area contributed by atoms with Gasteiger partial charge in [0, 0.05) is 19.0 Å². The van der Waals surface area contributed by atoms with E-state index in [-0.39, 0.29) is 43.8 Å². The smallest absolute Gasteiger partial charge is 0.308 e. The molecule has 1 fully saturated rings. The Labute approximate surface area is 173 Å². The van der Waals surface area contributed by atoms with Gasteiger partial charge < -0.3 is 29.5 Å². The van der Waals surface area contributed by atoms with Gasteiger partial charge in [0.2, 0.25) is 5.91 Å². The molecule has 0 unspecified atom stereocenters. The second kappa shape index (κ2) is 13.5. The van der Waals surface area contributed by atoms with E-state index in [4.69, 9.17) is 19.3 Å². The fourth-order valence-electron chi connectivity index (χ4n) is 3.02. The summed E-state index contributed by atoms with van der Waals surface area (Å²) < 4.78 is 16.1. The van der Waals surface area contributed by atoms with Crippen molar-refractivity contribution in [2.24, 2.45) is 0 Å². The first-order valence-electron chi connectivity index (χ1n) is 10.3. The molecule has 1 saturated heterocycles. The first-order valence-corrected chi connectivity index (χ1v) is 10.3. The molecule has 1 amide bonds. The third-order valence-corrected chi connectivity index (χ3v) is 4.34. The van der Waals surface area contributed by atoms with Crippen molar-refractivity contribution in [2.75, 3.05) is 46.1 Å². The standard InChI is InChI=1S/C20H36N2O7/c1-20(2,3)29-19(26)8-12-27-14-15-28-13-11-22(16-6-9-21-10-7-16)17(23)4-5-18(24)25/h16,21H,4-15H2,1-3H3,(H,24,25). The molecule has 0 radical (unpaired) electrons. The maximum atomic E-state index is 12.4. The molecule has 1 heterocycles. The van der Waals surface area contributed by atoms with Gasteiger partial charge in [-0.3, -0.25) is 14.4 Å². The summed E-state index contributed by atoms with van der Waals surface area (Å²) in [6.45, 7) is 8.92. The van der Waals surface area contributed by atoms with E-state index in [0.29, 0.717) is 26.4 Å². The van der Waals surface area contributed by atoms with Crippen molar-refractivity contribution < 1.29 is 33.7 Å². The maximum absolute atomic E-state index is 12.4. The van der Waals surface area contributed by atoms with Crippen LogP contribution in [0, 0.1) is 0 Å². The second-order valence-corrected chi connectivity index (χ2v) is 8.02. The highest BCUT2D eigenvalue weighted by Crippen LogP contribution is 2.14. The fourth-order valence-corrected chi connectivity index (χ4v) is 3.02. The number of hydrogen-bond donors (Lipinski definition) is 2. The zero-order chi connectivity index (χ0) is 21.7. The van der Waals surface area contributed by atoms with Crippen LogP contribution in [0.2, 0.25) is 0 Å². The Balaban J connectivity index is 2.22. The first kappa shape index (κ1) is 25.3. The van der Waals surface area contributed by atoms with Crippen molar-refractivity contribution in [3.63, 3.8) is 0 Å². The molecule has 0 aromatic heterocycles. The molecule has 0 bridgehead atoms.